The minimum absolute atomic E-state index is 0.0589. The number of fused-ring (bicyclic) bond motifs is 1. The quantitative estimate of drug-likeness (QED) is 0.340. The summed E-state index contributed by atoms with van der Waals surface area (Å²) in [6.45, 7) is 0. The lowest BCUT2D eigenvalue weighted by atomic mass is 9.90. The highest BCUT2D eigenvalue weighted by Gasteiger charge is 2.30. The lowest BCUT2D eigenvalue weighted by Crippen LogP contribution is -2.46. The summed E-state index contributed by atoms with van der Waals surface area (Å²) in [4.78, 5) is 44.9. The molecule has 2 aromatic heterocycles. The number of hydrogen-bond acceptors (Lipinski definition) is 5. The van der Waals surface area contributed by atoms with Crippen molar-refractivity contribution in [3.63, 3.8) is 0 Å². The van der Waals surface area contributed by atoms with Gasteiger partial charge >= 0.3 is 5.69 Å². The number of carbonyl (C=O) groups excluding carboxylic acids is 1. The number of nitrogens with zero attached hydrogens (tertiary/aromatic N) is 3. The van der Waals surface area contributed by atoms with Gasteiger partial charge in [0.2, 0.25) is 0 Å². The second-order valence-corrected chi connectivity index (χ2v) is 12.2. The SMILES string of the molecule is O=C(NC1CCC(n2c(=O)c3cc(F)cnc3n(C3CCSCC3)c2=O)CC1)c1ccccc1Cc1ccccc1. The number of hydrogen-bond donors (Lipinski definition) is 1. The Bertz CT molecular complexity index is 1670. The molecule has 4 aromatic rings. The maximum atomic E-state index is 14.2. The van der Waals surface area contributed by atoms with Crippen LogP contribution in [-0.4, -0.2) is 37.6 Å². The van der Waals surface area contributed by atoms with Crippen LogP contribution < -0.4 is 16.6 Å². The van der Waals surface area contributed by atoms with Crippen molar-refractivity contribution in [2.24, 2.45) is 0 Å². The van der Waals surface area contributed by atoms with Crippen molar-refractivity contribution < 1.29 is 9.18 Å². The summed E-state index contributed by atoms with van der Waals surface area (Å²) in [5, 5.41) is 3.34. The van der Waals surface area contributed by atoms with E-state index in [1.165, 1.54) is 10.6 Å². The van der Waals surface area contributed by atoms with E-state index in [1.54, 1.807) is 4.57 Å². The van der Waals surface area contributed by atoms with Gasteiger partial charge in [-0.2, -0.15) is 11.8 Å². The topological polar surface area (TPSA) is 86.0 Å². The molecule has 2 aromatic carbocycles. The normalized spacial score (nSPS) is 19.7. The van der Waals surface area contributed by atoms with Crippen LogP contribution >= 0.6 is 11.8 Å². The van der Waals surface area contributed by atoms with E-state index in [-0.39, 0.29) is 40.8 Å². The lowest BCUT2D eigenvalue weighted by molar-refractivity contribution is 0.0921. The number of amides is 1. The molecule has 2 fully saturated rings. The Morgan fingerprint density at radius 2 is 1.59 bits per heavy atom. The van der Waals surface area contributed by atoms with E-state index in [0.29, 0.717) is 37.7 Å². The van der Waals surface area contributed by atoms with Crippen LogP contribution in [0.15, 0.2) is 76.4 Å². The molecule has 1 aliphatic carbocycles. The van der Waals surface area contributed by atoms with E-state index < -0.39 is 11.4 Å². The standard InChI is InChI=1S/C32H33FN4O3S/c33-23-19-28-29(34-20-23)36(26-14-16-41-17-15-26)32(40)37(31(28)39)25-12-10-24(11-13-25)35-30(38)27-9-5-4-8-22(27)18-21-6-2-1-3-7-21/h1-9,19-20,24-26H,10-18H2,(H,35,38). The van der Waals surface area contributed by atoms with Gasteiger partial charge in [0.25, 0.3) is 11.5 Å². The fourth-order valence-corrected chi connectivity index (χ4v) is 7.33. The van der Waals surface area contributed by atoms with Gasteiger partial charge in [-0.1, -0.05) is 48.5 Å². The molecule has 0 bridgehead atoms. The van der Waals surface area contributed by atoms with E-state index in [9.17, 15) is 18.8 Å². The summed E-state index contributed by atoms with van der Waals surface area (Å²) in [7, 11) is 0. The van der Waals surface area contributed by atoms with Crippen LogP contribution in [-0.2, 0) is 6.42 Å². The number of rotatable bonds is 6. The Morgan fingerprint density at radius 3 is 2.34 bits per heavy atom. The van der Waals surface area contributed by atoms with Gasteiger partial charge in [-0.3, -0.25) is 18.7 Å². The molecule has 1 aliphatic heterocycles. The largest absolute Gasteiger partial charge is 0.349 e. The lowest BCUT2D eigenvalue weighted by Gasteiger charge is -2.31. The first-order valence-electron chi connectivity index (χ1n) is 14.3. The molecule has 0 radical (unpaired) electrons. The second kappa shape index (κ2) is 12.0. The molecule has 212 valence electrons. The molecule has 0 spiro atoms. The fourth-order valence-electron chi connectivity index (χ4n) is 6.25. The van der Waals surface area contributed by atoms with Gasteiger partial charge in [0.1, 0.15) is 11.5 Å². The second-order valence-electron chi connectivity index (χ2n) is 11.0. The number of nitrogens with one attached hydrogen (secondary N) is 1. The molecule has 1 saturated heterocycles. The molecule has 1 saturated carbocycles. The number of benzene rings is 2. The summed E-state index contributed by atoms with van der Waals surface area (Å²) in [5.41, 5.74) is 2.19. The van der Waals surface area contributed by atoms with E-state index >= 15 is 0 Å². The van der Waals surface area contributed by atoms with Crippen LogP contribution in [0.4, 0.5) is 4.39 Å². The molecule has 1 N–H and O–H groups in total. The molecule has 0 unspecified atom stereocenters. The van der Waals surface area contributed by atoms with E-state index in [4.69, 9.17) is 0 Å². The van der Waals surface area contributed by atoms with Gasteiger partial charge in [-0.25, -0.2) is 14.2 Å². The highest BCUT2D eigenvalue weighted by molar-refractivity contribution is 7.99. The van der Waals surface area contributed by atoms with Crippen molar-refractivity contribution in [1.82, 2.24) is 19.4 Å². The van der Waals surface area contributed by atoms with Gasteiger partial charge in [0, 0.05) is 23.7 Å². The highest BCUT2D eigenvalue weighted by Crippen LogP contribution is 2.30. The smallest absolute Gasteiger partial charge is 0.333 e. The van der Waals surface area contributed by atoms with Crippen molar-refractivity contribution in [3.05, 3.63) is 110 Å². The Morgan fingerprint density at radius 1 is 0.902 bits per heavy atom. The predicted molar refractivity (Wildman–Crippen MR) is 160 cm³/mol. The van der Waals surface area contributed by atoms with Crippen molar-refractivity contribution in [2.75, 3.05) is 11.5 Å². The average molecular weight is 573 g/mol. The molecular weight excluding hydrogens is 539 g/mol. The number of thioether (sulfide) groups is 1. The van der Waals surface area contributed by atoms with Crippen LogP contribution in [0, 0.1) is 5.82 Å². The van der Waals surface area contributed by atoms with Crippen LogP contribution in [0.3, 0.4) is 0 Å². The van der Waals surface area contributed by atoms with E-state index in [1.807, 2.05) is 54.2 Å². The highest BCUT2D eigenvalue weighted by atomic mass is 32.2. The van der Waals surface area contributed by atoms with Gasteiger partial charge in [-0.05, 0) is 79.7 Å². The average Bonchev–Trinajstić information content (AvgIpc) is 3.00. The molecule has 1 amide bonds. The molecular formula is C32H33FN4O3S. The first-order chi connectivity index (χ1) is 20.0. The zero-order chi connectivity index (χ0) is 28.3. The number of aromatic nitrogens is 3. The summed E-state index contributed by atoms with van der Waals surface area (Å²) < 4.78 is 17.2. The number of halogens is 1. The van der Waals surface area contributed by atoms with Gasteiger partial charge in [0.15, 0.2) is 0 Å². The molecule has 41 heavy (non-hydrogen) atoms. The van der Waals surface area contributed by atoms with Gasteiger partial charge < -0.3 is 5.32 Å². The number of carbonyl (C=O) groups is 1. The van der Waals surface area contributed by atoms with E-state index in [0.717, 1.165) is 41.7 Å². The maximum Gasteiger partial charge on any atom is 0.333 e. The van der Waals surface area contributed by atoms with Gasteiger partial charge in [-0.15, -0.1) is 0 Å². The Balaban J connectivity index is 1.21. The van der Waals surface area contributed by atoms with Crippen LogP contribution in [0.25, 0.3) is 11.0 Å². The molecule has 3 heterocycles. The van der Waals surface area contributed by atoms with E-state index in [2.05, 4.69) is 22.4 Å². The van der Waals surface area contributed by atoms with Gasteiger partial charge in [0.05, 0.1) is 11.6 Å². The van der Waals surface area contributed by atoms with Crippen LogP contribution in [0.1, 0.15) is 72.1 Å². The van der Waals surface area contributed by atoms with Crippen molar-refractivity contribution in [2.45, 2.75) is 63.1 Å². The minimum Gasteiger partial charge on any atom is -0.349 e. The Labute approximate surface area is 241 Å². The predicted octanol–water partition coefficient (Wildman–Crippen LogP) is 5.27. The first kappa shape index (κ1) is 27.4. The summed E-state index contributed by atoms with van der Waals surface area (Å²) in [5.74, 6) is 1.16. The van der Waals surface area contributed by atoms with Crippen molar-refractivity contribution in [1.29, 1.82) is 0 Å². The van der Waals surface area contributed by atoms with Crippen LogP contribution in [0.5, 0.6) is 0 Å². The monoisotopic (exact) mass is 572 g/mol. The maximum absolute atomic E-state index is 14.2. The minimum atomic E-state index is -0.593. The molecule has 0 atom stereocenters. The molecule has 2 aliphatic rings. The third-order valence-electron chi connectivity index (χ3n) is 8.38. The fraction of sp³-hybridized carbons (Fsp3) is 0.375. The summed E-state index contributed by atoms with van der Waals surface area (Å²) in [6, 6.07) is 18.5. The first-order valence-corrected chi connectivity index (χ1v) is 15.5. The van der Waals surface area contributed by atoms with Crippen molar-refractivity contribution >= 4 is 28.7 Å². The van der Waals surface area contributed by atoms with Crippen LogP contribution in [0.2, 0.25) is 0 Å². The Hall–Kier alpha value is -3.72. The molecule has 7 nitrogen and oxygen atoms in total. The number of pyridine rings is 1. The third kappa shape index (κ3) is 5.73. The zero-order valence-electron chi connectivity index (χ0n) is 22.8. The Kier molecular flexibility index (Phi) is 8.05. The summed E-state index contributed by atoms with van der Waals surface area (Å²) >= 11 is 1.85. The molecule has 6 rings (SSSR count). The third-order valence-corrected chi connectivity index (χ3v) is 9.42. The zero-order valence-corrected chi connectivity index (χ0v) is 23.6. The molecule has 9 heteroatoms. The van der Waals surface area contributed by atoms with Crippen molar-refractivity contribution in [3.8, 4) is 0 Å². The summed E-state index contributed by atoms with van der Waals surface area (Å²) in [6.07, 6.45) is 5.78.